The van der Waals surface area contributed by atoms with Crippen LogP contribution in [0.5, 0.6) is 0 Å². The fourth-order valence-corrected chi connectivity index (χ4v) is 4.52. The molecular formula is C30H26F8O2. The number of allylic oxidation sites excluding steroid dienone is 1. The van der Waals surface area contributed by atoms with Crippen molar-refractivity contribution in [3.8, 4) is 11.1 Å². The van der Waals surface area contributed by atoms with Crippen molar-refractivity contribution in [1.82, 2.24) is 0 Å². The summed E-state index contributed by atoms with van der Waals surface area (Å²) in [5, 5.41) is 0. The van der Waals surface area contributed by atoms with Crippen molar-refractivity contribution in [1.29, 1.82) is 0 Å². The predicted octanol–water partition coefficient (Wildman–Crippen LogP) is 9.29. The Morgan fingerprint density at radius 2 is 1.48 bits per heavy atom. The van der Waals surface area contributed by atoms with Crippen molar-refractivity contribution < 1.29 is 44.6 Å². The number of ether oxygens (including phenoxy) is 2. The van der Waals surface area contributed by atoms with Crippen LogP contribution < -0.4 is 0 Å². The van der Waals surface area contributed by atoms with Gasteiger partial charge in [0.05, 0.1) is 13.2 Å². The third-order valence-electron chi connectivity index (χ3n) is 6.65. The second kappa shape index (κ2) is 12.5. The molecule has 0 N–H and O–H groups in total. The molecule has 40 heavy (non-hydrogen) atoms. The maximum atomic E-state index is 14.7. The largest absolute Gasteiger partial charge is 0.422 e. The summed E-state index contributed by atoms with van der Waals surface area (Å²) in [5.41, 5.74) is -1.07. The SMILES string of the molecule is CCCC(F)=C(F)c1ccc(C2COC(CCc3ccc(-c4cc(F)c(C(F)(F)F)c(F)c4)c(F)c3)OC2)cc1. The molecule has 1 saturated heterocycles. The van der Waals surface area contributed by atoms with Gasteiger partial charge >= 0.3 is 6.18 Å². The number of rotatable bonds is 8. The van der Waals surface area contributed by atoms with E-state index in [1.807, 2.05) is 0 Å². The van der Waals surface area contributed by atoms with Gasteiger partial charge in [-0.15, -0.1) is 0 Å². The molecule has 0 aromatic heterocycles. The number of benzene rings is 3. The smallest absolute Gasteiger partial charge is 0.352 e. The normalized spacial score (nSPS) is 18.5. The van der Waals surface area contributed by atoms with Gasteiger partial charge in [-0.2, -0.15) is 13.2 Å². The quantitative estimate of drug-likeness (QED) is 0.251. The standard InChI is InChI=1S/C30H26F8O2/c1-2-3-23(31)29(35)19-8-6-18(7-9-19)21-15-39-27(40-16-21)11-5-17-4-10-22(24(32)12-17)20-13-25(33)28(26(34)14-20)30(36,37)38/h4,6-10,12-14,21,27H,2-3,5,11,15-16H2,1H3. The molecule has 0 saturated carbocycles. The lowest BCUT2D eigenvalue weighted by Crippen LogP contribution is -2.31. The minimum atomic E-state index is -5.21. The van der Waals surface area contributed by atoms with E-state index in [0.29, 0.717) is 50.2 Å². The van der Waals surface area contributed by atoms with Gasteiger partial charge in [-0.25, -0.2) is 22.0 Å². The number of aryl methyl sites for hydroxylation is 1. The summed E-state index contributed by atoms with van der Waals surface area (Å²) in [6, 6.07) is 11.2. The zero-order valence-electron chi connectivity index (χ0n) is 21.4. The molecule has 2 nitrogen and oxygen atoms in total. The van der Waals surface area contributed by atoms with Gasteiger partial charge in [0.1, 0.15) is 28.8 Å². The van der Waals surface area contributed by atoms with Crippen molar-refractivity contribution in [3.05, 3.63) is 100 Å². The van der Waals surface area contributed by atoms with Gasteiger partial charge in [0.25, 0.3) is 0 Å². The fourth-order valence-electron chi connectivity index (χ4n) is 4.52. The lowest BCUT2D eigenvalue weighted by Gasteiger charge is -2.30. The Bertz CT molecular complexity index is 1330. The summed E-state index contributed by atoms with van der Waals surface area (Å²) in [5.74, 6) is -6.24. The van der Waals surface area contributed by atoms with Crippen LogP contribution in [-0.2, 0) is 22.1 Å². The van der Waals surface area contributed by atoms with Crippen molar-refractivity contribution in [3.63, 3.8) is 0 Å². The summed E-state index contributed by atoms with van der Waals surface area (Å²) in [6.45, 7) is 2.41. The lowest BCUT2D eigenvalue weighted by atomic mass is 9.98. The molecule has 0 bridgehead atoms. The highest BCUT2D eigenvalue weighted by Crippen LogP contribution is 2.36. The molecule has 4 rings (SSSR count). The van der Waals surface area contributed by atoms with Crippen LogP contribution >= 0.6 is 0 Å². The molecule has 214 valence electrons. The average Bonchev–Trinajstić information content (AvgIpc) is 2.91. The third kappa shape index (κ3) is 6.90. The van der Waals surface area contributed by atoms with Crippen LogP contribution in [0.15, 0.2) is 60.4 Å². The Hall–Kier alpha value is -3.24. The topological polar surface area (TPSA) is 18.5 Å². The minimum absolute atomic E-state index is 0.0369. The fraction of sp³-hybridized carbons (Fsp3) is 0.333. The molecule has 0 aliphatic carbocycles. The second-order valence-electron chi connectivity index (χ2n) is 9.55. The molecule has 0 spiro atoms. The zero-order chi connectivity index (χ0) is 29.0. The van der Waals surface area contributed by atoms with Gasteiger partial charge in [0, 0.05) is 29.9 Å². The van der Waals surface area contributed by atoms with E-state index in [1.54, 1.807) is 19.1 Å². The molecule has 1 aliphatic rings. The van der Waals surface area contributed by atoms with E-state index in [1.165, 1.54) is 24.3 Å². The Morgan fingerprint density at radius 3 is 2.02 bits per heavy atom. The monoisotopic (exact) mass is 570 g/mol. The summed E-state index contributed by atoms with van der Waals surface area (Å²) < 4.78 is 120. The Kier molecular flexibility index (Phi) is 9.30. The summed E-state index contributed by atoms with van der Waals surface area (Å²) in [7, 11) is 0. The van der Waals surface area contributed by atoms with E-state index >= 15 is 0 Å². The van der Waals surface area contributed by atoms with E-state index in [0.717, 1.165) is 11.6 Å². The number of hydrogen-bond donors (Lipinski definition) is 0. The molecule has 0 amide bonds. The first-order valence-corrected chi connectivity index (χ1v) is 12.7. The van der Waals surface area contributed by atoms with Crippen molar-refractivity contribution >= 4 is 5.83 Å². The molecule has 3 aromatic carbocycles. The highest BCUT2D eigenvalue weighted by atomic mass is 19.4. The van der Waals surface area contributed by atoms with Gasteiger partial charge in [-0.3, -0.25) is 0 Å². The Labute approximate surface area is 226 Å². The van der Waals surface area contributed by atoms with Crippen LogP contribution in [0.4, 0.5) is 35.1 Å². The first kappa shape index (κ1) is 29.7. The van der Waals surface area contributed by atoms with E-state index in [9.17, 15) is 35.1 Å². The molecule has 10 heteroatoms. The van der Waals surface area contributed by atoms with Gasteiger partial charge in [0.15, 0.2) is 12.1 Å². The summed E-state index contributed by atoms with van der Waals surface area (Å²) in [4.78, 5) is 0. The van der Waals surface area contributed by atoms with Gasteiger partial charge in [0.2, 0.25) is 0 Å². The van der Waals surface area contributed by atoms with E-state index < -0.39 is 47.1 Å². The van der Waals surface area contributed by atoms with Crippen LogP contribution in [-0.4, -0.2) is 19.5 Å². The molecule has 0 unspecified atom stereocenters. The second-order valence-corrected chi connectivity index (χ2v) is 9.55. The van der Waals surface area contributed by atoms with E-state index in [-0.39, 0.29) is 29.0 Å². The van der Waals surface area contributed by atoms with Crippen LogP contribution in [0.1, 0.15) is 54.4 Å². The van der Waals surface area contributed by atoms with Gasteiger partial charge in [-0.1, -0.05) is 43.3 Å². The number of halogens is 8. The van der Waals surface area contributed by atoms with Crippen LogP contribution in [0.2, 0.25) is 0 Å². The third-order valence-corrected chi connectivity index (χ3v) is 6.65. The highest BCUT2D eigenvalue weighted by Gasteiger charge is 2.38. The predicted molar refractivity (Wildman–Crippen MR) is 134 cm³/mol. The molecule has 1 aliphatic heterocycles. The molecule has 3 aromatic rings. The summed E-state index contributed by atoms with van der Waals surface area (Å²) >= 11 is 0. The first-order chi connectivity index (χ1) is 19.0. The van der Waals surface area contributed by atoms with Gasteiger partial charge in [-0.05, 0) is 47.7 Å². The molecule has 1 fully saturated rings. The zero-order valence-corrected chi connectivity index (χ0v) is 21.4. The maximum Gasteiger partial charge on any atom is 0.422 e. The molecular weight excluding hydrogens is 544 g/mol. The number of alkyl halides is 3. The Balaban J connectivity index is 1.33. The molecule has 0 atom stereocenters. The van der Waals surface area contributed by atoms with Crippen molar-refractivity contribution in [2.75, 3.05) is 13.2 Å². The maximum absolute atomic E-state index is 14.7. The lowest BCUT2D eigenvalue weighted by molar-refractivity contribution is -0.189. The molecule has 0 radical (unpaired) electrons. The summed E-state index contributed by atoms with van der Waals surface area (Å²) in [6.07, 6.45) is -4.53. The highest BCUT2D eigenvalue weighted by molar-refractivity contribution is 5.65. The number of hydrogen-bond acceptors (Lipinski definition) is 2. The van der Waals surface area contributed by atoms with Gasteiger partial charge < -0.3 is 9.47 Å². The van der Waals surface area contributed by atoms with Crippen LogP contribution in [0.3, 0.4) is 0 Å². The molecule has 1 heterocycles. The van der Waals surface area contributed by atoms with Crippen LogP contribution in [0, 0.1) is 17.5 Å². The van der Waals surface area contributed by atoms with Crippen LogP contribution in [0.25, 0.3) is 17.0 Å². The van der Waals surface area contributed by atoms with E-state index in [4.69, 9.17) is 9.47 Å². The average molecular weight is 571 g/mol. The van der Waals surface area contributed by atoms with Crippen molar-refractivity contribution in [2.45, 2.75) is 51.0 Å². The minimum Gasteiger partial charge on any atom is -0.352 e. The Morgan fingerprint density at radius 1 is 0.850 bits per heavy atom. The van der Waals surface area contributed by atoms with E-state index in [2.05, 4.69) is 0 Å². The first-order valence-electron chi connectivity index (χ1n) is 12.7. The van der Waals surface area contributed by atoms with Crippen molar-refractivity contribution in [2.24, 2.45) is 0 Å².